The number of carbonyl (C=O) groups is 2. The minimum absolute atomic E-state index is 0.0569. The van der Waals surface area contributed by atoms with E-state index in [0.717, 1.165) is 27.2 Å². The van der Waals surface area contributed by atoms with Crippen LogP contribution in [0.1, 0.15) is 30.3 Å². The van der Waals surface area contributed by atoms with Crippen LogP contribution in [0.5, 0.6) is 0 Å². The summed E-state index contributed by atoms with van der Waals surface area (Å²) in [5.41, 5.74) is 1.54. The number of benzene rings is 1. The number of hydrogen-bond acceptors (Lipinski definition) is 5. The monoisotopic (exact) mass is 351 g/mol. The standard InChI is InChI=1S/C16H14ClNO2S2/c1-8-12(11-13(19)16(2,3)22-15(11)20)18-14(21-8)9-4-6-10(17)7-5-9/h4-7,11H,1-3H3. The summed E-state index contributed by atoms with van der Waals surface area (Å²) in [7, 11) is 0. The van der Waals surface area contributed by atoms with Crippen LogP contribution >= 0.6 is 34.7 Å². The van der Waals surface area contributed by atoms with E-state index in [2.05, 4.69) is 4.98 Å². The second-order valence-electron chi connectivity index (χ2n) is 5.70. The van der Waals surface area contributed by atoms with Crippen LogP contribution in [0.25, 0.3) is 10.6 Å². The molecule has 1 aromatic carbocycles. The summed E-state index contributed by atoms with van der Waals surface area (Å²) >= 11 is 8.50. The Hall–Kier alpha value is -1.17. The van der Waals surface area contributed by atoms with Crippen molar-refractivity contribution in [1.29, 1.82) is 0 Å². The van der Waals surface area contributed by atoms with Crippen molar-refractivity contribution in [2.24, 2.45) is 0 Å². The molecule has 2 heterocycles. The Morgan fingerprint density at radius 1 is 1.18 bits per heavy atom. The van der Waals surface area contributed by atoms with E-state index in [4.69, 9.17) is 11.6 Å². The highest BCUT2D eigenvalue weighted by molar-refractivity contribution is 8.16. The van der Waals surface area contributed by atoms with Gasteiger partial charge in [-0.25, -0.2) is 4.98 Å². The average Bonchev–Trinajstić information content (AvgIpc) is 2.89. The molecule has 0 amide bonds. The lowest BCUT2D eigenvalue weighted by molar-refractivity contribution is -0.124. The lowest BCUT2D eigenvalue weighted by Crippen LogP contribution is -2.26. The molecule has 0 N–H and O–H groups in total. The summed E-state index contributed by atoms with van der Waals surface area (Å²) in [6, 6.07) is 7.39. The van der Waals surface area contributed by atoms with Crippen LogP contribution in [0.3, 0.4) is 0 Å². The lowest BCUT2D eigenvalue weighted by atomic mass is 9.93. The molecule has 3 nitrogen and oxygen atoms in total. The Bertz CT molecular complexity index is 765. The van der Waals surface area contributed by atoms with Crippen LogP contribution in [-0.4, -0.2) is 20.6 Å². The topological polar surface area (TPSA) is 47.0 Å². The molecule has 2 aromatic rings. The number of Topliss-reactive ketones (excluding diaryl/α,β-unsaturated/α-hetero) is 1. The van der Waals surface area contributed by atoms with Crippen molar-refractivity contribution in [1.82, 2.24) is 4.98 Å². The summed E-state index contributed by atoms with van der Waals surface area (Å²) in [6.07, 6.45) is 0. The van der Waals surface area contributed by atoms with E-state index < -0.39 is 10.7 Å². The van der Waals surface area contributed by atoms with Crippen molar-refractivity contribution in [2.45, 2.75) is 31.4 Å². The SMILES string of the molecule is Cc1sc(-c2ccc(Cl)cc2)nc1C1C(=O)SC(C)(C)C1=O. The maximum atomic E-state index is 12.5. The van der Waals surface area contributed by atoms with Crippen LogP contribution in [0, 0.1) is 6.92 Å². The Kier molecular flexibility index (Phi) is 3.91. The van der Waals surface area contributed by atoms with Crippen molar-refractivity contribution in [3.63, 3.8) is 0 Å². The molecule has 1 aliphatic heterocycles. The highest BCUT2D eigenvalue weighted by Gasteiger charge is 2.50. The predicted octanol–water partition coefficient (Wildman–Crippen LogP) is 4.48. The minimum Gasteiger partial charge on any atom is -0.297 e. The number of hydrogen-bond donors (Lipinski definition) is 0. The van der Waals surface area contributed by atoms with E-state index in [-0.39, 0.29) is 10.9 Å². The smallest absolute Gasteiger partial charge is 0.206 e. The van der Waals surface area contributed by atoms with Gasteiger partial charge in [-0.3, -0.25) is 9.59 Å². The number of thioether (sulfide) groups is 1. The second kappa shape index (κ2) is 5.48. The van der Waals surface area contributed by atoms with Gasteiger partial charge in [0.2, 0.25) is 5.12 Å². The highest BCUT2D eigenvalue weighted by Crippen LogP contribution is 2.45. The largest absolute Gasteiger partial charge is 0.297 e. The van der Waals surface area contributed by atoms with Crippen LogP contribution in [0.2, 0.25) is 5.02 Å². The molecule has 0 aliphatic carbocycles. The van der Waals surface area contributed by atoms with Gasteiger partial charge in [0.1, 0.15) is 10.9 Å². The molecule has 22 heavy (non-hydrogen) atoms. The number of rotatable bonds is 2. The number of aryl methyl sites for hydroxylation is 1. The van der Waals surface area contributed by atoms with E-state index >= 15 is 0 Å². The maximum absolute atomic E-state index is 12.5. The zero-order valence-corrected chi connectivity index (χ0v) is 14.7. The summed E-state index contributed by atoms with van der Waals surface area (Å²) in [6.45, 7) is 5.49. The molecule has 114 valence electrons. The zero-order valence-electron chi connectivity index (χ0n) is 12.3. The van der Waals surface area contributed by atoms with E-state index in [9.17, 15) is 9.59 Å². The van der Waals surface area contributed by atoms with E-state index in [1.165, 1.54) is 11.3 Å². The molecule has 1 saturated heterocycles. The van der Waals surface area contributed by atoms with Gasteiger partial charge in [-0.15, -0.1) is 11.3 Å². The van der Waals surface area contributed by atoms with E-state index in [0.29, 0.717) is 10.7 Å². The minimum atomic E-state index is -0.739. The van der Waals surface area contributed by atoms with Gasteiger partial charge in [0, 0.05) is 15.5 Å². The lowest BCUT2D eigenvalue weighted by Gasteiger charge is -2.12. The molecule has 1 fully saturated rings. The van der Waals surface area contributed by atoms with Gasteiger partial charge in [0.05, 0.1) is 10.4 Å². The first-order valence-corrected chi connectivity index (χ1v) is 8.81. The third-order valence-corrected chi connectivity index (χ3v) is 6.08. The fraction of sp³-hybridized carbons (Fsp3) is 0.312. The number of halogens is 1. The average molecular weight is 352 g/mol. The van der Waals surface area contributed by atoms with Gasteiger partial charge in [-0.2, -0.15) is 0 Å². The van der Waals surface area contributed by atoms with E-state index in [1.807, 2.05) is 19.1 Å². The number of aromatic nitrogens is 1. The number of ketones is 1. The van der Waals surface area contributed by atoms with Crippen molar-refractivity contribution in [3.05, 3.63) is 39.9 Å². The van der Waals surface area contributed by atoms with Gasteiger partial charge in [0.25, 0.3) is 0 Å². The Morgan fingerprint density at radius 3 is 2.36 bits per heavy atom. The molecular weight excluding hydrogens is 338 g/mol. The Balaban J connectivity index is 2.02. The quantitative estimate of drug-likeness (QED) is 0.748. The molecule has 0 saturated carbocycles. The van der Waals surface area contributed by atoms with Crippen molar-refractivity contribution in [2.75, 3.05) is 0 Å². The first-order valence-electron chi connectivity index (χ1n) is 6.80. The second-order valence-corrected chi connectivity index (χ2v) is 8.96. The molecule has 0 bridgehead atoms. The normalized spacial score (nSPS) is 20.6. The first kappa shape index (κ1) is 15.7. The summed E-state index contributed by atoms with van der Waals surface area (Å²) in [5, 5.41) is 1.36. The molecule has 6 heteroatoms. The number of nitrogens with zero attached hydrogens (tertiary/aromatic N) is 1. The van der Waals surface area contributed by atoms with E-state index in [1.54, 1.807) is 26.0 Å². The van der Waals surface area contributed by atoms with Crippen molar-refractivity contribution in [3.8, 4) is 10.6 Å². The Morgan fingerprint density at radius 2 is 1.82 bits per heavy atom. The van der Waals surface area contributed by atoms with Gasteiger partial charge >= 0.3 is 0 Å². The van der Waals surface area contributed by atoms with Crippen LogP contribution in [0.4, 0.5) is 0 Å². The van der Waals surface area contributed by atoms with Crippen LogP contribution in [0.15, 0.2) is 24.3 Å². The molecule has 0 radical (unpaired) electrons. The zero-order chi connectivity index (χ0) is 16.1. The van der Waals surface area contributed by atoms with Gasteiger partial charge in [0.15, 0.2) is 5.78 Å². The molecule has 3 rings (SSSR count). The Labute approximate surface area is 142 Å². The molecule has 1 aliphatic rings. The van der Waals surface area contributed by atoms with Crippen LogP contribution < -0.4 is 0 Å². The van der Waals surface area contributed by atoms with Gasteiger partial charge in [-0.05, 0) is 32.9 Å². The summed E-state index contributed by atoms with van der Waals surface area (Å²) in [5.74, 6) is -0.796. The number of thiazole rings is 1. The van der Waals surface area contributed by atoms with Gasteiger partial charge in [-0.1, -0.05) is 35.5 Å². The highest BCUT2D eigenvalue weighted by atomic mass is 35.5. The predicted molar refractivity (Wildman–Crippen MR) is 91.7 cm³/mol. The van der Waals surface area contributed by atoms with Crippen LogP contribution in [-0.2, 0) is 9.59 Å². The molecule has 1 aromatic heterocycles. The first-order chi connectivity index (χ1) is 10.3. The van der Waals surface area contributed by atoms with Crippen molar-refractivity contribution >= 4 is 45.6 Å². The number of carbonyl (C=O) groups excluding carboxylic acids is 2. The molecular formula is C16H14ClNO2S2. The maximum Gasteiger partial charge on any atom is 0.206 e. The fourth-order valence-corrected chi connectivity index (χ4v) is 4.58. The third kappa shape index (κ3) is 2.62. The van der Waals surface area contributed by atoms with Gasteiger partial charge < -0.3 is 0 Å². The summed E-state index contributed by atoms with van der Waals surface area (Å²) < 4.78 is -0.668. The summed E-state index contributed by atoms with van der Waals surface area (Å²) in [4.78, 5) is 30.2. The van der Waals surface area contributed by atoms with Crippen molar-refractivity contribution < 1.29 is 9.59 Å². The fourth-order valence-electron chi connectivity index (χ4n) is 2.44. The molecule has 1 unspecified atom stereocenters. The molecule has 1 atom stereocenters. The third-order valence-electron chi connectivity index (χ3n) is 3.64. The molecule has 0 spiro atoms.